The molecule has 1 aromatic heterocycles. The van der Waals surface area contributed by atoms with Crippen LogP contribution in [0.4, 0.5) is 0 Å². The summed E-state index contributed by atoms with van der Waals surface area (Å²) in [7, 11) is 1.44. The van der Waals surface area contributed by atoms with Gasteiger partial charge in [-0.05, 0) is 45.8 Å². The van der Waals surface area contributed by atoms with Crippen LogP contribution in [0.25, 0.3) is 10.2 Å². The zero-order valence-corrected chi connectivity index (χ0v) is 18.8. The summed E-state index contributed by atoms with van der Waals surface area (Å²) in [4.78, 5) is 27.2. The molecule has 0 radical (unpaired) electrons. The molecule has 0 aliphatic carbocycles. The number of carbonyl (C=O) groups is 2. The molecule has 3 rings (SSSR count). The third kappa shape index (κ3) is 5.94. The molecule has 0 aliphatic heterocycles. The molecule has 0 fully saturated rings. The Bertz CT molecular complexity index is 1070. The third-order valence-electron chi connectivity index (χ3n) is 3.60. The van der Waals surface area contributed by atoms with Gasteiger partial charge in [0.1, 0.15) is 0 Å². The predicted octanol–water partition coefficient (Wildman–Crippen LogP) is 3.77. The maximum absolute atomic E-state index is 12.0. The minimum atomic E-state index is -1.10. The van der Waals surface area contributed by atoms with E-state index in [2.05, 4.69) is 31.4 Å². The fourth-order valence-electron chi connectivity index (χ4n) is 2.34. The van der Waals surface area contributed by atoms with Gasteiger partial charge in [-0.3, -0.25) is 4.79 Å². The van der Waals surface area contributed by atoms with E-state index in [4.69, 9.17) is 14.6 Å². The molecule has 3 aromatic rings. The van der Waals surface area contributed by atoms with Crippen LogP contribution in [-0.4, -0.2) is 47.7 Å². The van der Waals surface area contributed by atoms with Crippen molar-refractivity contribution in [2.24, 2.45) is 5.10 Å². The largest absolute Gasteiger partial charge is 0.493 e. The first-order chi connectivity index (χ1) is 14.5. The summed E-state index contributed by atoms with van der Waals surface area (Å²) in [5.74, 6) is -0.561. The number of nitrogens with one attached hydrogen (secondary N) is 1. The summed E-state index contributed by atoms with van der Waals surface area (Å²) in [5.41, 5.74) is 4.01. The number of aliphatic carboxylic acids is 1. The molecule has 0 unspecified atom stereocenters. The predicted molar refractivity (Wildman–Crippen MR) is 120 cm³/mol. The Kier molecular flexibility index (Phi) is 7.66. The number of hydrazone groups is 1. The summed E-state index contributed by atoms with van der Waals surface area (Å²) in [6.45, 7) is -0.495. The van der Waals surface area contributed by atoms with Gasteiger partial charge in [-0.1, -0.05) is 23.9 Å². The minimum Gasteiger partial charge on any atom is -0.493 e. The van der Waals surface area contributed by atoms with Crippen molar-refractivity contribution in [3.05, 3.63) is 46.4 Å². The average Bonchev–Trinajstić information content (AvgIpc) is 3.14. The summed E-state index contributed by atoms with van der Waals surface area (Å²) in [6.07, 6.45) is 1.45. The van der Waals surface area contributed by atoms with Crippen molar-refractivity contribution in [2.75, 3.05) is 19.5 Å². The monoisotopic (exact) mass is 509 g/mol. The highest BCUT2D eigenvalue weighted by Gasteiger charge is 2.13. The molecule has 1 amide bonds. The summed E-state index contributed by atoms with van der Waals surface area (Å²) in [5, 5.41) is 12.7. The molecule has 1 heterocycles. The molecule has 30 heavy (non-hydrogen) atoms. The van der Waals surface area contributed by atoms with Gasteiger partial charge >= 0.3 is 5.97 Å². The first-order valence-corrected chi connectivity index (χ1v) is 11.1. The Balaban J connectivity index is 1.56. The van der Waals surface area contributed by atoms with Crippen molar-refractivity contribution in [1.82, 2.24) is 10.4 Å². The number of ether oxygens (including phenoxy) is 2. The van der Waals surface area contributed by atoms with Crippen molar-refractivity contribution in [3.8, 4) is 11.5 Å². The third-order valence-corrected chi connectivity index (χ3v) is 6.36. The number of amides is 1. The number of nitrogens with zero attached hydrogens (tertiary/aromatic N) is 2. The molecule has 0 bridgehead atoms. The van der Waals surface area contributed by atoms with Crippen molar-refractivity contribution in [1.29, 1.82) is 0 Å². The molecule has 0 atom stereocenters. The number of halogens is 1. The molecule has 0 spiro atoms. The number of para-hydroxylation sites is 1. The highest BCUT2D eigenvalue weighted by Crippen LogP contribution is 2.36. The molecule has 2 N–H and O–H groups in total. The molecule has 0 saturated heterocycles. The van der Waals surface area contributed by atoms with Crippen LogP contribution in [0.5, 0.6) is 11.5 Å². The number of benzene rings is 2. The Hall–Kier alpha value is -2.63. The fraction of sp³-hybridized carbons (Fsp3) is 0.158. The van der Waals surface area contributed by atoms with Crippen LogP contribution in [0.1, 0.15) is 5.56 Å². The van der Waals surface area contributed by atoms with Gasteiger partial charge in [-0.25, -0.2) is 15.2 Å². The Morgan fingerprint density at radius 1 is 1.37 bits per heavy atom. The van der Waals surface area contributed by atoms with Gasteiger partial charge < -0.3 is 14.6 Å². The molecule has 156 valence electrons. The second-order valence-corrected chi connectivity index (χ2v) is 8.85. The molecule has 8 nitrogen and oxygen atoms in total. The van der Waals surface area contributed by atoms with Crippen LogP contribution in [0.15, 0.2) is 50.3 Å². The van der Waals surface area contributed by atoms with E-state index in [1.165, 1.54) is 36.4 Å². The number of aromatic nitrogens is 1. The van der Waals surface area contributed by atoms with E-state index in [0.29, 0.717) is 15.8 Å². The van der Waals surface area contributed by atoms with Crippen LogP contribution in [-0.2, 0) is 9.59 Å². The number of methoxy groups -OCH3 is 1. The number of carboxylic acid groups (broad SMARTS) is 1. The van der Waals surface area contributed by atoms with Crippen molar-refractivity contribution in [3.63, 3.8) is 0 Å². The number of rotatable bonds is 9. The summed E-state index contributed by atoms with van der Waals surface area (Å²) < 4.78 is 12.9. The maximum atomic E-state index is 12.0. The SMILES string of the molecule is COc1cc(/C=N\NC(=O)CSc2nc3ccccc3s2)cc(Br)c1OCC(=O)O. The highest BCUT2D eigenvalue weighted by atomic mass is 79.9. The van der Waals surface area contributed by atoms with Crippen LogP contribution >= 0.6 is 39.0 Å². The maximum Gasteiger partial charge on any atom is 0.341 e. The number of thioether (sulfide) groups is 1. The van der Waals surface area contributed by atoms with E-state index < -0.39 is 12.6 Å². The van der Waals surface area contributed by atoms with E-state index in [1.807, 2.05) is 24.3 Å². The number of thiazole rings is 1. The number of hydrogen-bond acceptors (Lipinski definition) is 8. The normalized spacial score (nSPS) is 11.0. The lowest BCUT2D eigenvalue weighted by Gasteiger charge is -2.12. The van der Waals surface area contributed by atoms with Crippen molar-refractivity contribution >= 4 is 67.3 Å². The number of hydrogen-bond donors (Lipinski definition) is 2. The quantitative estimate of drug-likeness (QED) is 0.256. The van der Waals surface area contributed by atoms with E-state index in [9.17, 15) is 9.59 Å². The fourth-order valence-corrected chi connectivity index (χ4v) is 4.77. The Morgan fingerprint density at radius 3 is 2.90 bits per heavy atom. The zero-order valence-electron chi connectivity index (χ0n) is 15.6. The topological polar surface area (TPSA) is 110 Å². The molecule has 0 saturated carbocycles. The van der Waals surface area contributed by atoms with Crippen LogP contribution in [0.2, 0.25) is 0 Å². The lowest BCUT2D eigenvalue weighted by Crippen LogP contribution is -2.19. The van der Waals surface area contributed by atoms with E-state index >= 15 is 0 Å². The lowest BCUT2D eigenvalue weighted by atomic mass is 10.2. The molecular formula is C19H16BrN3O5S2. The summed E-state index contributed by atoms with van der Waals surface area (Å²) in [6, 6.07) is 11.1. The lowest BCUT2D eigenvalue weighted by molar-refractivity contribution is -0.139. The smallest absolute Gasteiger partial charge is 0.341 e. The highest BCUT2D eigenvalue weighted by molar-refractivity contribution is 9.10. The molecular weight excluding hydrogens is 494 g/mol. The zero-order chi connectivity index (χ0) is 21.5. The second kappa shape index (κ2) is 10.4. The van der Waals surface area contributed by atoms with Gasteiger partial charge in [0.25, 0.3) is 5.91 Å². The number of carbonyl (C=O) groups excluding carboxylic acids is 1. The van der Waals surface area contributed by atoms with E-state index in [1.54, 1.807) is 12.1 Å². The Labute approximate surface area is 188 Å². The average molecular weight is 510 g/mol. The van der Waals surface area contributed by atoms with Crippen molar-refractivity contribution in [2.45, 2.75) is 4.34 Å². The van der Waals surface area contributed by atoms with Gasteiger partial charge in [0.15, 0.2) is 22.4 Å². The van der Waals surface area contributed by atoms with Crippen LogP contribution in [0, 0.1) is 0 Å². The standard InChI is InChI=1S/C19H16BrN3O5S2/c1-27-14-7-11(6-12(20)18(14)28-9-17(25)26)8-21-23-16(24)10-29-19-22-13-4-2-3-5-15(13)30-19/h2-8H,9-10H2,1H3,(H,23,24)(H,25,26)/b21-8-. The first kappa shape index (κ1) is 22.1. The van der Waals surface area contributed by atoms with Gasteiger partial charge in [-0.15, -0.1) is 11.3 Å². The Morgan fingerprint density at radius 2 is 2.17 bits per heavy atom. The molecule has 2 aromatic carbocycles. The summed E-state index contributed by atoms with van der Waals surface area (Å²) >= 11 is 6.21. The van der Waals surface area contributed by atoms with Crippen LogP contribution in [0.3, 0.4) is 0 Å². The molecule has 11 heteroatoms. The molecule has 0 aliphatic rings. The van der Waals surface area contributed by atoms with Crippen LogP contribution < -0.4 is 14.9 Å². The van der Waals surface area contributed by atoms with E-state index in [-0.39, 0.29) is 17.4 Å². The minimum absolute atomic E-state index is 0.187. The first-order valence-electron chi connectivity index (χ1n) is 8.48. The van der Waals surface area contributed by atoms with Gasteiger partial charge in [-0.2, -0.15) is 5.10 Å². The van der Waals surface area contributed by atoms with Gasteiger partial charge in [0, 0.05) is 0 Å². The van der Waals surface area contributed by atoms with Gasteiger partial charge in [0.05, 0.1) is 33.8 Å². The number of fused-ring (bicyclic) bond motifs is 1. The second-order valence-electron chi connectivity index (χ2n) is 5.75. The van der Waals surface area contributed by atoms with Gasteiger partial charge in [0.2, 0.25) is 0 Å². The van der Waals surface area contributed by atoms with Crippen molar-refractivity contribution < 1.29 is 24.2 Å². The number of carboxylic acids is 1. The van der Waals surface area contributed by atoms with E-state index in [0.717, 1.165) is 14.6 Å².